The molecular weight excluding hydrogens is 660 g/mol. The van der Waals surface area contributed by atoms with E-state index >= 15 is 4.39 Å². The standard InChI is InChI=1S/C37H31F2N7O5/c1-44-21-32(42-23-44)25-17-34(31(13-14-40)41-19-25)51-33-12-9-27(18-30(33)39)43-35(47)29-20-45(15-16-50-22-24-5-3-2-4-6-24)37(49)46(36(29)48)28-10-7-26(38)8-11-28/h2-12,14,17-21,23,40H,13,15-16,22H2,1H3,(H,43,47). The molecule has 0 bridgehead atoms. The second kappa shape index (κ2) is 15.3. The summed E-state index contributed by atoms with van der Waals surface area (Å²) in [5, 5.41) is 10.0. The smallest absolute Gasteiger partial charge is 0.335 e. The van der Waals surface area contributed by atoms with Crippen LogP contribution in [0.3, 0.4) is 0 Å². The van der Waals surface area contributed by atoms with Crippen molar-refractivity contribution in [3.63, 3.8) is 0 Å². The lowest BCUT2D eigenvalue weighted by molar-refractivity contribution is 0.102. The Morgan fingerprint density at radius 1 is 0.961 bits per heavy atom. The SMILES string of the molecule is Cn1cnc(-c2cnc(CC=N)c(Oc3ccc(NC(=O)c4cn(CCOCc5ccccc5)c(=O)n(-c5ccc(F)cc5)c4=O)cc3F)c2)c1. The van der Waals surface area contributed by atoms with Gasteiger partial charge in [0, 0.05) is 55.6 Å². The van der Waals surface area contributed by atoms with Crippen molar-refractivity contribution in [1.82, 2.24) is 23.7 Å². The van der Waals surface area contributed by atoms with Crippen LogP contribution in [0.25, 0.3) is 16.9 Å². The number of pyridine rings is 1. The Labute approximate surface area is 289 Å². The average molecular weight is 692 g/mol. The van der Waals surface area contributed by atoms with Crippen LogP contribution in [0.5, 0.6) is 11.5 Å². The molecular formula is C37H31F2N7O5. The zero-order valence-corrected chi connectivity index (χ0v) is 27.3. The molecule has 1 amide bonds. The molecule has 0 atom stereocenters. The van der Waals surface area contributed by atoms with Gasteiger partial charge in [-0.2, -0.15) is 0 Å². The van der Waals surface area contributed by atoms with Crippen molar-refractivity contribution in [1.29, 1.82) is 5.41 Å². The molecule has 0 aliphatic carbocycles. The highest BCUT2D eigenvalue weighted by Crippen LogP contribution is 2.31. The van der Waals surface area contributed by atoms with Crippen molar-refractivity contribution in [3.8, 4) is 28.4 Å². The Morgan fingerprint density at radius 3 is 2.45 bits per heavy atom. The van der Waals surface area contributed by atoms with Crippen LogP contribution >= 0.6 is 0 Å². The molecule has 0 spiro atoms. The van der Waals surface area contributed by atoms with Crippen LogP contribution < -0.4 is 21.3 Å². The van der Waals surface area contributed by atoms with Gasteiger partial charge in [-0.3, -0.25) is 19.1 Å². The zero-order valence-electron chi connectivity index (χ0n) is 27.3. The highest BCUT2D eigenvalue weighted by Gasteiger charge is 2.20. The fourth-order valence-corrected chi connectivity index (χ4v) is 5.15. The van der Waals surface area contributed by atoms with Gasteiger partial charge in [-0.25, -0.2) is 23.1 Å². The molecule has 0 unspecified atom stereocenters. The number of carbonyl (C=O) groups excluding carboxylic acids is 1. The molecule has 0 fully saturated rings. The third-order valence-corrected chi connectivity index (χ3v) is 7.71. The summed E-state index contributed by atoms with van der Waals surface area (Å²) >= 11 is 0. The molecule has 6 aromatic rings. The maximum atomic E-state index is 15.4. The van der Waals surface area contributed by atoms with E-state index in [1.807, 2.05) is 37.4 Å². The van der Waals surface area contributed by atoms with E-state index in [-0.39, 0.29) is 49.1 Å². The van der Waals surface area contributed by atoms with E-state index in [0.29, 0.717) is 17.0 Å². The zero-order chi connectivity index (χ0) is 35.9. The van der Waals surface area contributed by atoms with Gasteiger partial charge in [-0.1, -0.05) is 30.3 Å². The van der Waals surface area contributed by atoms with Gasteiger partial charge in [0.25, 0.3) is 11.5 Å². The fourth-order valence-electron chi connectivity index (χ4n) is 5.15. The molecule has 14 heteroatoms. The summed E-state index contributed by atoms with van der Waals surface area (Å²) in [4.78, 5) is 49.2. The number of anilines is 1. The normalized spacial score (nSPS) is 11.0. The Bertz CT molecular complexity index is 2320. The minimum Gasteiger partial charge on any atom is -0.452 e. The topological polar surface area (TPSA) is 146 Å². The summed E-state index contributed by atoms with van der Waals surface area (Å²) in [7, 11) is 1.82. The second-order valence-corrected chi connectivity index (χ2v) is 11.4. The molecule has 6 rings (SSSR count). The van der Waals surface area contributed by atoms with Gasteiger partial charge in [0.15, 0.2) is 11.6 Å². The summed E-state index contributed by atoms with van der Waals surface area (Å²) in [5.74, 6) is -2.28. The van der Waals surface area contributed by atoms with Crippen LogP contribution in [-0.2, 0) is 31.4 Å². The number of hydrogen-bond acceptors (Lipinski definition) is 8. The molecule has 51 heavy (non-hydrogen) atoms. The largest absolute Gasteiger partial charge is 0.452 e. The van der Waals surface area contributed by atoms with Crippen LogP contribution in [-0.4, -0.2) is 42.4 Å². The van der Waals surface area contributed by atoms with Crippen LogP contribution in [0.2, 0.25) is 0 Å². The van der Waals surface area contributed by atoms with Crippen LogP contribution in [0.15, 0.2) is 113 Å². The van der Waals surface area contributed by atoms with Crippen LogP contribution in [0, 0.1) is 17.0 Å². The van der Waals surface area contributed by atoms with E-state index < -0.39 is 34.4 Å². The summed E-state index contributed by atoms with van der Waals surface area (Å²) in [6, 6.07) is 19.4. The van der Waals surface area contributed by atoms with Gasteiger partial charge in [-0.15, -0.1) is 0 Å². The van der Waals surface area contributed by atoms with Gasteiger partial charge in [0.2, 0.25) is 0 Å². The summed E-state index contributed by atoms with van der Waals surface area (Å²) in [6.07, 6.45) is 7.41. The lowest BCUT2D eigenvalue weighted by Crippen LogP contribution is -2.42. The first-order chi connectivity index (χ1) is 24.7. The molecule has 0 saturated carbocycles. The molecule has 0 radical (unpaired) electrons. The third-order valence-electron chi connectivity index (χ3n) is 7.71. The van der Waals surface area contributed by atoms with Gasteiger partial charge in [0.05, 0.1) is 43.2 Å². The number of rotatable bonds is 13. The number of imidazole rings is 1. The summed E-state index contributed by atoms with van der Waals surface area (Å²) in [6.45, 7) is 0.346. The van der Waals surface area contributed by atoms with Crippen LogP contribution in [0.1, 0.15) is 21.6 Å². The van der Waals surface area contributed by atoms with E-state index in [2.05, 4.69) is 15.3 Å². The number of hydrogen-bond donors (Lipinski definition) is 2. The summed E-state index contributed by atoms with van der Waals surface area (Å²) in [5.41, 5.74) is 0.492. The number of ether oxygens (including phenoxy) is 2. The maximum Gasteiger partial charge on any atom is 0.335 e. The average Bonchev–Trinajstić information content (AvgIpc) is 3.56. The van der Waals surface area contributed by atoms with E-state index in [0.717, 1.165) is 45.3 Å². The minimum absolute atomic E-state index is 0.00148. The number of aromatic nitrogens is 5. The molecule has 0 aliphatic rings. The van der Waals surface area contributed by atoms with Gasteiger partial charge >= 0.3 is 5.69 Å². The first-order valence-electron chi connectivity index (χ1n) is 15.7. The monoisotopic (exact) mass is 691 g/mol. The number of benzene rings is 3. The number of aryl methyl sites for hydroxylation is 1. The van der Waals surface area contributed by atoms with E-state index in [1.165, 1.54) is 24.3 Å². The third kappa shape index (κ3) is 8.03. The van der Waals surface area contributed by atoms with E-state index in [1.54, 1.807) is 29.4 Å². The summed E-state index contributed by atoms with van der Waals surface area (Å²) < 4.78 is 44.4. The van der Waals surface area contributed by atoms with Crippen LogP contribution in [0.4, 0.5) is 14.5 Å². The predicted molar refractivity (Wildman–Crippen MR) is 186 cm³/mol. The molecule has 3 aromatic carbocycles. The molecule has 0 aliphatic heterocycles. The quantitative estimate of drug-likeness (QED) is 0.120. The molecule has 3 aromatic heterocycles. The highest BCUT2D eigenvalue weighted by molar-refractivity contribution is 6.03. The highest BCUT2D eigenvalue weighted by atomic mass is 19.1. The van der Waals surface area contributed by atoms with Gasteiger partial charge in [0.1, 0.15) is 17.1 Å². The van der Waals surface area contributed by atoms with Crippen molar-refractivity contribution in [3.05, 3.63) is 153 Å². The van der Waals surface area contributed by atoms with Crippen molar-refractivity contribution in [2.45, 2.75) is 19.6 Å². The Hall–Kier alpha value is -6.54. The first-order valence-corrected chi connectivity index (χ1v) is 15.7. The fraction of sp³-hybridized carbons (Fsp3) is 0.135. The number of nitrogens with one attached hydrogen (secondary N) is 2. The lowest BCUT2D eigenvalue weighted by atomic mass is 10.1. The Morgan fingerprint density at radius 2 is 1.75 bits per heavy atom. The van der Waals surface area contributed by atoms with Crippen molar-refractivity contribution < 1.29 is 23.0 Å². The van der Waals surface area contributed by atoms with Gasteiger partial charge in [-0.05, 0) is 48.0 Å². The second-order valence-electron chi connectivity index (χ2n) is 11.4. The van der Waals surface area contributed by atoms with Crippen molar-refractivity contribution in [2.24, 2.45) is 7.05 Å². The number of carbonyl (C=O) groups is 1. The van der Waals surface area contributed by atoms with E-state index in [9.17, 15) is 18.8 Å². The minimum atomic E-state index is -0.954. The van der Waals surface area contributed by atoms with Crippen molar-refractivity contribution in [2.75, 3.05) is 11.9 Å². The molecule has 0 saturated heterocycles. The number of amides is 1. The predicted octanol–water partition coefficient (Wildman–Crippen LogP) is 5.53. The maximum absolute atomic E-state index is 15.4. The molecule has 2 N–H and O–H groups in total. The van der Waals surface area contributed by atoms with Gasteiger partial charge < -0.3 is 24.8 Å². The number of nitrogens with zero attached hydrogens (tertiary/aromatic N) is 5. The number of halogens is 2. The Kier molecular flexibility index (Phi) is 10.3. The molecule has 12 nitrogen and oxygen atoms in total. The molecule has 3 heterocycles. The Balaban J connectivity index is 1.25. The first kappa shape index (κ1) is 34.3. The molecule has 258 valence electrons. The lowest BCUT2D eigenvalue weighted by Gasteiger charge is -2.14. The van der Waals surface area contributed by atoms with E-state index in [4.69, 9.17) is 14.9 Å². The van der Waals surface area contributed by atoms with Crippen molar-refractivity contribution >= 4 is 17.8 Å².